The Morgan fingerprint density at radius 2 is 1.82 bits per heavy atom. The van der Waals surface area contributed by atoms with Crippen molar-refractivity contribution < 1.29 is 27.5 Å². The van der Waals surface area contributed by atoms with Crippen molar-refractivity contribution in [1.82, 2.24) is 0 Å². The van der Waals surface area contributed by atoms with Gasteiger partial charge in [0.25, 0.3) is 10.0 Å². The van der Waals surface area contributed by atoms with Crippen molar-refractivity contribution in [1.29, 1.82) is 0 Å². The Kier molecular flexibility index (Phi) is 6.70. The molecule has 7 nitrogen and oxygen atoms in total. The van der Waals surface area contributed by atoms with E-state index in [0.717, 1.165) is 36.0 Å². The summed E-state index contributed by atoms with van der Waals surface area (Å²) in [6.45, 7) is 5.95. The summed E-state index contributed by atoms with van der Waals surface area (Å²) in [5.41, 5.74) is 4.65. The van der Waals surface area contributed by atoms with Gasteiger partial charge in [0.05, 0.1) is 11.3 Å². The third kappa shape index (κ3) is 4.68. The number of aromatic carboxylic acids is 1. The smallest absolute Gasteiger partial charge is 0.335 e. The van der Waals surface area contributed by atoms with Gasteiger partial charge in [0.1, 0.15) is 18.1 Å². The van der Waals surface area contributed by atoms with E-state index >= 15 is 0 Å². The van der Waals surface area contributed by atoms with Gasteiger partial charge in [0.2, 0.25) is 5.09 Å². The Morgan fingerprint density at radius 3 is 2.44 bits per heavy atom. The van der Waals surface area contributed by atoms with Gasteiger partial charge in [-0.3, -0.25) is 4.31 Å². The van der Waals surface area contributed by atoms with E-state index in [4.69, 9.17) is 9.15 Å². The highest BCUT2D eigenvalue weighted by atomic mass is 32.2. The zero-order valence-electron chi connectivity index (χ0n) is 19.6. The fourth-order valence-corrected chi connectivity index (χ4v) is 5.80. The Bertz CT molecular complexity index is 1330. The molecule has 0 amide bonds. The molecule has 0 radical (unpaired) electrons. The maximum atomic E-state index is 13.5. The Hall–Kier alpha value is -3.26. The number of aryl methyl sites for hydroxylation is 4. The summed E-state index contributed by atoms with van der Waals surface area (Å²) < 4.78 is 40.1. The van der Waals surface area contributed by atoms with Crippen LogP contribution in [-0.4, -0.2) is 26.0 Å². The van der Waals surface area contributed by atoms with Crippen molar-refractivity contribution in [2.24, 2.45) is 0 Å². The molecule has 1 N–H and O–H groups in total. The number of carboxylic acid groups (broad SMARTS) is 1. The number of carbonyl (C=O) groups is 1. The lowest BCUT2D eigenvalue weighted by atomic mass is 10.1. The molecule has 1 aromatic heterocycles. The zero-order valence-corrected chi connectivity index (χ0v) is 20.4. The molecular weight excluding hydrogens is 454 g/mol. The highest BCUT2D eigenvalue weighted by Gasteiger charge is 2.31. The number of sulfonamides is 1. The second-order valence-electron chi connectivity index (χ2n) is 8.62. The Morgan fingerprint density at radius 1 is 1.09 bits per heavy atom. The van der Waals surface area contributed by atoms with Gasteiger partial charge in [0, 0.05) is 6.54 Å². The minimum absolute atomic E-state index is 0.0926. The SMILES string of the molecule is CCCN(c1cc2c(cc1OCc1ccc(C(=O)O)cc1C)CCC2)S(=O)(=O)c1ccc(C)o1. The van der Waals surface area contributed by atoms with Crippen LogP contribution in [0, 0.1) is 13.8 Å². The second-order valence-corrected chi connectivity index (χ2v) is 10.4. The van der Waals surface area contributed by atoms with Gasteiger partial charge in [-0.2, -0.15) is 8.42 Å². The fraction of sp³-hybridized carbons (Fsp3) is 0.346. The average molecular weight is 484 g/mol. The van der Waals surface area contributed by atoms with E-state index in [1.165, 1.54) is 15.9 Å². The first-order chi connectivity index (χ1) is 16.2. The number of anilines is 1. The largest absolute Gasteiger partial charge is 0.487 e. The summed E-state index contributed by atoms with van der Waals surface area (Å²) in [7, 11) is -3.92. The van der Waals surface area contributed by atoms with Crippen LogP contribution in [0.4, 0.5) is 5.69 Å². The molecule has 0 saturated heterocycles. The molecule has 4 rings (SSSR count). The van der Waals surface area contributed by atoms with Gasteiger partial charge in [0.15, 0.2) is 0 Å². The number of benzene rings is 2. The molecule has 0 saturated carbocycles. The monoisotopic (exact) mass is 483 g/mol. The average Bonchev–Trinajstić information content (AvgIpc) is 3.44. The van der Waals surface area contributed by atoms with E-state index in [-0.39, 0.29) is 23.8 Å². The summed E-state index contributed by atoms with van der Waals surface area (Å²) in [6, 6.07) is 11.9. The van der Waals surface area contributed by atoms with E-state index in [2.05, 4.69) is 0 Å². The van der Waals surface area contributed by atoms with Crippen LogP contribution in [0.15, 0.2) is 52.0 Å². The summed E-state index contributed by atoms with van der Waals surface area (Å²) >= 11 is 0. The first-order valence-electron chi connectivity index (χ1n) is 11.4. The number of nitrogens with zero attached hydrogens (tertiary/aromatic N) is 1. The van der Waals surface area contributed by atoms with Gasteiger partial charge >= 0.3 is 5.97 Å². The number of furan rings is 1. The van der Waals surface area contributed by atoms with Gasteiger partial charge in [-0.25, -0.2) is 4.79 Å². The Balaban J connectivity index is 1.73. The number of rotatable bonds is 9. The molecule has 1 aliphatic carbocycles. The molecule has 0 unspecified atom stereocenters. The predicted octanol–water partition coefficient (Wildman–Crippen LogP) is 5.27. The van der Waals surface area contributed by atoms with Crippen LogP contribution in [0.2, 0.25) is 0 Å². The quantitative estimate of drug-likeness (QED) is 0.445. The molecule has 0 atom stereocenters. The van der Waals surface area contributed by atoms with Crippen LogP contribution >= 0.6 is 0 Å². The summed E-state index contributed by atoms with van der Waals surface area (Å²) in [4.78, 5) is 11.2. The van der Waals surface area contributed by atoms with E-state index in [9.17, 15) is 18.3 Å². The van der Waals surface area contributed by atoms with Crippen molar-refractivity contribution in [2.45, 2.75) is 58.2 Å². The zero-order chi connectivity index (χ0) is 24.5. The van der Waals surface area contributed by atoms with Crippen molar-refractivity contribution >= 4 is 21.7 Å². The predicted molar refractivity (Wildman–Crippen MR) is 129 cm³/mol. The topological polar surface area (TPSA) is 97.0 Å². The van der Waals surface area contributed by atoms with Crippen LogP contribution in [-0.2, 0) is 29.5 Å². The molecule has 34 heavy (non-hydrogen) atoms. The van der Waals surface area contributed by atoms with E-state index < -0.39 is 16.0 Å². The van der Waals surface area contributed by atoms with Gasteiger partial charge in [-0.05, 0) is 98.2 Å². The Labute approximate surface area is 200 Å². The van der Waals surface area contributed by atoms with Crippen LogP contribution in [0.1, 0.15) is 58.1 Å². The van der Waals surface area contributed by atoms with Gasteiger partial charge in [-0.15, -0.1) is 0 Å². The lowest BCUT2D eigenvalue weighted by Gasteiger charge is -2.26. The molecule has 0 bridgehead atoms. The highest BCUT2D eigenvalue weighted by Crippen LogP contribution is 2.39. The number of ether oxygens (including phenoxy) is 1. The number of hydrogen-bond acceptors (Lipinski definition) is 5. The first kappa shape index (κ1) is 23.9. The molecule has 8 heteroatoms. The van der Waals surface area contributed by atoms with Crippen LogP contribution in [0.5, 0.6) is 5.75 Å². The maximum Gasteiger partial charge on any atom is 0.335 e. The molecule has 3 aromatic rings. The summed E-state index contributed by atoms with van der Waals surface area (Å²) in [6.07, 6.45) is 3.46. The molecular formula is C26H29NO6S. The maximum absolute atomic E-state index is 13.5. The molecule has 180 valence electrons. The molecule has 0 aliphatic heterocycles. The van der Waals surface area contributed by atoms with E-state index in [1.807, 2.05) is 26.0 Å². The summed E-state index contributed by atoms with van der Waals surface area (Å²) in [5.74, 6) is 0.0356. The molecule has 0 fully saturated rings. The normalized spacial score (nSPS) is 13.0. The van der Waals surface area contributed by atoms with Crippen molar-refractivity contribution in [3.63, 3.8) is 0 Å². The van der Waals surface area contributed by atoms with Gasteiger partial charge in [-0.1, -0.05) is 13.0 Å². The van der Waals surface area contributed by atoms with Crippen LogP contribution < -0.4 is 9.04 Å². The third-order valence-electron chi connectivity index (χ3n) is 6.10. The summed E-state index contributed by atoms with van der Waals surface area (Å²) in [5, 5.41) is 9.12. The standard InChI is InChI=1S/C26H29NO6S/c1-4-12-27(34(30,31)25-11-8-18(3)33-25)23-14-19-6-5-7-20(19)15-24(23)32-16-22-10-9-21(26(28)29)13-17(22)2/h8-11,13-15H,4-7,12,16H2,1-3H3,(H,28,29). The minimum atomic E-state index is -3.92. The van der Waals surface area contributed by atoms with Crippen molar-refractivity contribution in [2.75, 3.05) is 10.8 Å². The number of fused-ring (bicyclic) bond motifs is 1. The highest BCUT2D eigenvalue weighted by molar-refractivity contribution is 7.92. The first-order valence-corrected chi connectivity index (χ1v) is 12.8. The molecule has 1 heterocycles. The lowest BCUT2D eigenvalue weighted by molar-refractivity contribution is 0.0696. The van der Waals surface area contributed by atoms with E-state index in [0.29, 0.717) is 23.6 Å². The lowest BCUT2D eigenvalue weighted by Crippen LogP contribution is -2.32. The number of hydrogen-bond donors (Lipinski definition) is 1. The minimum Gasteiger partial charge on any atom is -0.487 e. The van der Waals surface area contributed by atoms with Crippen molar-refractivity contribution in [3.8, 4) is 5.75 Å². The van der Waals surface area contributed by atoms with Crippen LogP contribution in [0.3, 0.4) is 0 Å². The van der Waals surface area contributed by atoms with Gasteiger partial charge < -0.3 is 14.3 Å². The molecule has 2 aromatic carbocycles. The fourth-order valence-electron chi connectivity index (χ4n) is 4.28. The molecule has 0 spiro atoms. The van der Waals surface area contributed by atoms with Crippen LogP contribution in [0.25, 0.3) is 0 Å². The number of carboxylic acids is 1. The second kappa shape index (κ2) is 9.54. The molecule has 1 aliphatic rings. The van der Waals surface area contributed by atoms with E-state index in [1.54, 1.807) is 31.2 Å². The third-order valence-corrected chi connectivity index (χ3v) is 7.79. The van der Waals surface area contributed by atoms with Crippen molar-refractivity contribution in [3.05, 3.63) is 76.0 Å².